The molecule has 0 aromatic heterocycles. The molecule has 0 bridgehead atoms. The van der Waals surface area contributed by atoms with Crippen LogP contribution in [0.25, 0.3) is 0 Å². The summed E-state index contributed by atoms with van der Waals surface area (Å²) in [5.41, 5.74) is 1.50. The lowest BCUT2D eigenvalue weighted by molar-refractivity contribution is 0.0939. The molecule has 2 aromatic rings. The van der Waals surface area contributed by atoms with E-state index in [1.54, 1.807) is 38.1 Å². The second-order valence-electron chi connectivity index (χ2n) is 4.72. The molecule has 0 spiro atoms. The Labute approximate surface area is 117 Å². The number of rotatable bonds is 3. The first-order chi connectivity index (χ1) is 9.49. The Kier molecular flexibility index (Phi) is 4.03. The van der Waals surface area contributed by atoms with Gasteiger partial charge in [0.05, 0.1) is 6.04 Å². The maximum Gasteiger partial charge on any atom is 0.251 e. The number of nitrogens with one attached hydrogen (secondary N) is 1. The normalized spacial score (nSPS) is 11.9. The third kappa shape index (κ3) is 2.96. The SMILES string of the molecule is Cc1cc(C(=O)NC(C)c2ccccc2F)ccc1O. The summed E-state index contributed by atoms with van der Waals surface area (Å²) in [5, 5.41) is 12.2. The lowest BCUT2D eigenvalue weighted by Crippen LogP contribution is -2.27. The summed E-state index contributed by atoms with van der Waals surface area (Å²) >= 11 is 0. The summed E-state index contributed by atoms with van der Waals surface area (Å²) in [4.78, 5) is 12.1. The highest BCUT2D eigenvalue weighted by Crippen LogP contribution is 2.19. The van der Waals surface area contributed by atoms with E-state index in [4.69, 9.17) is 0 Å². The molecule has 0 saturated heterocycles. The molecule has 104 valence electrons. The van der Waals surface area contributed by atoms with Crippen LogP contribution in [0.4, 0.5) is 4.39 Å². The lowest BCUT2D eigenvalue weighted by Gasteiger charge is -2.15. The molecule has 3 nitrogen and oxygen atoms in total. The van der Waals surface area contributed by atoms with Gasteiger partial charge in [-0.15, -0.1) is 0 Å². The predicted octanol–water partition coefficient (Wildman–Crippen LogP) is 3.33. The van der Waals surface area contributed by atoms with E-state index in [9.17, 15) is 14.3 Å². The summed E-state index contributed by atoms with van der Waals surface area (Å²) in [6.07, 6.45) is 0. The minimum Gasteiger partial charge on any atom is -0.508 e. The number of phenolic OH excluding ortho intramolecular Hbond substituents is 1. The van der Waals surface area contributed by atoms with Gasteiger partial charge in [0.2, 0.25) is 0 Å². The van der Waals surface area contributed by atoms with E-state index in [1.165, 1.54) is 18.2 Å². The fraction of sp³-hybridized carbons (Fsp3) is 0.188. The van der Waals surface area contributed by atoms with Crippen molar-refractivity contribution in [3.05, 3.63) is 65.0 Å². The number of phenols is 1. The summed E-state index contributed by atoms with van der Waals surface area (Å²) in [6.45, 7) is 3.44. The molecular formula is C16H16FNO2. The molecule has 0 aliphatic heterocycles. The molecule has 1 unspecified atom stereocenters. The monoisotopic (exact) mass is 273 g/mol. The second-order valence-corrected chi connectivity index (χ2v) is 4.72. The molecule has 2 N–H and O–H groups in total. The van der Waals surface area contributed by atoms with E-state index < -0.39 is 6.04 Å². The van der Waals surface area contributed by atoms with Gasteiger partial charge >= 0.3 is 0 Å². The Balaban J connectivity index is 2.15. The van der Waals surface area contributed by atoms with Crippen molar-refractivity contribution in [2.24, 2.45) is 0 Å². The second kappa shape index (κ2) is 5.74. The van der Waals surface area contributed by atoms with Crippen LogP contribution in [0.15, 0.2) is 42.5 Å². The number of halogens is 1. The molecule has 0 heterocycles. The summed E-state index contributed by atoms with van der Waals surface area (Å²) < 4.78 is 13.6. The largest absolute Gasteiger partial charge is 0.508 e. The number of benzene rings is 2. The minimum atomic E-state index is -0.433. The third-order valence-electron chi connectivity index (χ3n) is 3.18. The van der Waals surface area contributed by atoms with Crippen LogP contribution < -0.4 is 5.32 Å². The summed E-state index contributed by atoms with van der Waals surface area (Å²) in [5.74, 6) is -0.505. The fourth-order valence-electron chi connectivity index (χ4n) is 1.98. The van der Waals surface area contributed by atoms with Crippen LogP contribution in [0.2, 0.25) is 0 Å². The van der Waals surface area contributed by atoms with Gasteiger partial charge in [-0.3, -0.25) is 4.79 Å². The van der Waals surface area contributed by atoms with E-state index in [0.717, 1.165) is 0 Å². The zero-order chi connectivity index (χ0) is 14.7. The highest BCUT2D eigenvalue weighted by atomic mass is 19.1. The molecule has 20 heavy (non-hydrogen) atoms. The molecule has 0 aliphatic carbocycles. The number of aryl methyl sites for hydroxylation is 1. The van der Waals surface area contributed by atoms with E-state index >= 15 is 0 Å². The van der Waals surface area contributed by atoms with Crippen LogP contribution in [0.5, 0.6) is 5.75 Å². The van der Waals surface area contributed by atoms with E-state index in [-0.39, 0.29) is 17.5 Å². The quantitative estimate of drug-likeness (QED) is 0.901. The Morgan fingerprint density at radius 3 is 2.60 bits per heavy atom. The molecule has 0 saturated carbocycles. The third-order valence-corrected chi connectivity index (χ3v) is 3.18. The van der Waals surface area contributed by atoms with Gasteiger partial charge in [0.15, 0.2) is 0 Å². The summed E-state index contributed by atoms with van der Waals surface area (Å²) in [6, 6.07) is 10.5. The summed E-state index contributed by atoms with van der Waals surface area (Å²) in [7, 11) is 0. The van der Waals surface area contributed by atoms with Crippen molar-refractivity contribution < 1.29 is 14.3 Å². The fourth-order valence-corrected chi connectivity index (χ4v) is 1.98. The van der Waals surface area contributed by atoms with Gasteiger partial charge < -0.3 is 10.4 Å². The van der Waals surface area contributed by atoms with E-state index in [0.29, 0.717) is 16.7 Å². The van der Waals surface area contributed by atoms with Gasteiger partial charge in [-0.2, -0.15) is 0 Å². The zero-order valence-corrected chi connectivity index (χ0v) is 11.4. The van der Waals surface area contributed by atoms with E-state index in [1.807, 2.05) is 0 Å². The topological polar surface area (TPSA) is 49.3 Å². The van der Waals surface area contributed by atoms with Crippen molar-refractivity contribution >= 4 is 5.91 Å². The number of carbonyl (C=O) groups is 1. The molecule has 1 amide bonds. The number of hydrogen-bond acceptors (Lipinski definition) is 2. The van der Waals surface area contributed by atoms with Gasteiger partial charge in [0.25, 0.3) is 5.91 Å². The van der Waals surface area contributed by atoms with Crippen molar-refractivity contribution in [1.82, 2.24) is 5.32 Å². The first kappa shape index (κ1) is 14.1. The maximum atomic E-state index is 13.6. The Morgan fingerprint density at radius 2 is 1.95 bits per heavy atom. The average molecular weight is 273 g/mol. The van der Waals surface area contributed by atoms with Crippen molar-refractivity contribution in [2.75, 3.05) is 0 Å². The highest BCUT2D eigenvalue weighted by molar-refractivity contribution is 5.94. The van der Waals surface area contributed by atoms with Crippen molar-refractivity contribution in [3.63, 3.8) is 0 Å². The smallest absolute Gasteiger partial charge is 0.251 e. The molecule has 4 heteroatoms. The number of aromatic hydroxyl groups is 1. The van der Waals surface area contributed by atoms with Crippen LogP contribution >= 0.6 is 0 Å². The van der Waals surface area contributed by atoms with E-state index in [2.05, 4.69) is 5.32 Å². The predicted molar refractivity (Wildman–Crippen MR) is 75.1 cm³/mol. The Bertz CT molecular complexity index is 640. The number of amides is 1. The Morgan fingerprint density at radius 1 is 1.25 bits per heavy atom. The lowest BCUT2D eigenvalue weighted by atomic mass is 10.1. The minimum absolute atomic E-state index is 0.142. The Hall–Kier alpha value is -2.36. The van der Waals surface area contributed by atoms with Crippen LogP contribution in [0.1, 0.15) is 34.5 Å². The average Bonchev–Trinajstić information content (AvgIpc) is 2.42. The number of carbonyl (C=O) groups excluding carboxylic acids is 1. The molecule has 2 aromatic carbocycles. The standard InChI is InChI=1S/C16H16FNO2/c1-10-9-12(7-8-15(10)19)16(20)18-11(2)13-5-3-4-6-14(13)17/h3-9,11,19H,1-2H3,(H,18,20). The molecule has 0 aliphatic rings. The van der Waals surface area contributed by atoms with Gasteiger partial charge in [-0.1, -0.05) is 18.2 Å². The molecule has 2 rings (SSSR count). The van der Waals surface area contributed by atoms with Crippen molar-refractivity contribution in [3.8, 4) is 5.75 Å². The van der Waals surface area contributed by atoms with Gasteiger partial charge in [0, 0.05) is 11.1 Å². The van der Waals surface area contributed by atoms with Crippen molar-refractivity contribution in [2.45, 2.75) is 19.9 Å². The first-order valence-corrected chi connectivity index (χ1v) is 6.34. The number of hydrogen-bond donors (Lipinski definition) is 2. The molecule has 0 radical (unpaired) electrons. The van der Waals surface area contributed by atoms with Gasteiger partial charge in [-0.05, 0) is 43.7 Å². The molecule has 0 fully saturated rings. The van der Waals surface area contributed by atoms with Gasteiger partial charge in [-0.25, -0.2) is 4.39 Å². The van der Waals surface area contributed by atoms with Crippen LogP contribution in [-0.2, 0) is 0 Å². The van der Waals surface area contributed by atoms with Crippen LogP contribution in [-0.4, -0.2) is 11.0 Å². The van der Waals surface area contributed by atoms with Gasteiger partial charge in [0.1, 0.15) is 11.6 Å². The first-order valence-electron chi connectivity index (χ1n) is 6.34. The van der Waals surface area contributed by atoms with Crippen molar-refractivity contribution in [1.29, 1.82) is 0 Å². The highest BCUT2D eigenvalue weighted by Gasteiger charge is 2.14. The molecular weight excluding hydrogens is 257 g/mol. The maximum absolute atomic E-state index is 13.6. The zero-order valence-electron chi connectivity index (χ0n) is 11.4. The van der Waals surface area contributed by atoms with Crippen LogP contribution in [0, 0.1) is 12.7 Å². The molecule has 1 atom stereocenters. The van der Waals surface area contributed by atoms with Crippen LogP contribution in [0.3, 0.4) is 0 Å².